The quantitative estimate of drug-likeness (QED) is 0.901. The molecule has 1 heterocycles. The predicted molar refractivity (Wildman–Crippen MR) is 84.9 cm³/mol. The van der Waals surface area contributed by atoms with Gasteiger partial charge in [-0.1, -0.05) is 52.0 Å². The van der Waals surface area contributed by atoms with E-state index in [9.17, 15) is 0 Å². The minimum absolute atomic E-state index is 0.171. The van der Waals surface area contributed by atoms with Crippen molar-refractivity contribution in [3.8, 4) is 11.3 Å². The molecule has 3 heteroatoms. The molecule has 0 unspecified atom stereocenters. The molecular formula is C17H23N3. The van der Waals surface area contributed by atoms with E-state index >= 15 is 0 Å². The van der Waals surface area contributed by atoms with Gasteiger partial charge in [-0.3, -0.25) is 4.98 Å². The normalized spacial score (nSPS) is 11.4. The first kappa shape index (κ1) is 14.5. The van der Waals surface area contributed by atoms with Gasteiger partial charge in [0.1, 0.15) is 5.69 Å². The molecular weight excluding hydrogens is 246 g/mol. The van der Waals surface area contributed by atoms with Gasteiger partial charge in [-0.05, 0) is 17.4 Å². The summed E-state index contributed by atoms with van der Waals surface area (Å²) in [5.74, 6) is 0.859. The van der Waals surface area contributed by atoms with Crippen molar-refractivity contribution in [2.24, 2.45) is 0 Å². The molecule has 0 amide bonds. The number of hydrogen-bond donors (Lipinski definition) is 1. The van der Waals surface area contributed by atoms with Crippen LogP contribution in [-0.4, -0.2) is 16.5 Å². The molecule has 0 saturated carbocycles. The highest BCUT2D eigenvalue weighted by Gasteiger charge is 2.14. The summed E-state index contributed by atoms with van der Waals surface area (Å²) in [6.07, 6.45) is 4.54. The van der Waals surface area contributed by atoms with Crippen molar-refractivity contribution in [1.29, 1.82) is 0 Å². The molecule has 0 aliphatic rings. The van der Waals surface area contributed by atoms with E-state index in [1.54, 1.807) is 12.4 Å². The van der Waals surface area contributed by atoms with Gasteiger partial charge < -0.3 is 5.32 Å². The van der Waals surface area contributed by atoms with Gasteiger partial charge in [0.15, 0.2) is 5.82 Å². The Morgan fingerprint density at radius 1 is 1.00 bits per heavy atom. The number of anilines is 1. The number of aromatic nitrogens is 2. The van der Waals surface area contributed by atoms with Crippen LogP contribution in [0.2, 0.25) is 0 Å². The fourth-order valence-corrected chi connectivity index (χ4v) is 2.05. The summed E-state index contributed by atoms with van der Waals surface area (Å²) < 4.78 is 0. The zero-order valence-corrected chi connectivity index (χ0v) is 12.8. The average molecular weight is 269 g/mol. The molecule has 0 saturated heterocycles. The van der Waals surface area contributed by atoms with Crippen molar-refractivity contribution in [1.82, 2.24) is 9.97 Å². The second kappa shape index (κ2) is 6.04. The lowest BCUT2D eigenvalue weighted by Gasteiger charge is -2.19. The molecule has 0 fully saturated rings. The van der Waals surface area contributed by atoms with Crippen LogP contribution in [-0.2, 0) is 5.41 Å². The summed E-state index contributed by atoms with van der Waals surface area (Å²) >= 11 is 0. The molecule has 106 valence electrons. The molecule has 0 bridgehead atoms. The molecule has 0 spiro atoms. The third-order valence-electron chi connectivity index (χ3n) is 3.27. The minimum atomic E-state index is 0.171. The van der Waals surface area contributed by atoms with E-state index in [-0.39, 0.29) is 5.41 Å². The first-order valence-electron chi connectivity index (χ1n) is 7.18. The van der Waals surface area contributed by atoms with Crippen molar-refractivity contribution in [2.75, 3.05) is 11.9 Å². The summed E-state index contributed by atoms with van der Waals surface area (Å²) in [6.45, 7) is 9.71. The van der Waals surface area contributed by atoms with Crippen LogP contribution in [0, 0.1) is 0 Å². The predicted octanol–water partition coefficient (Wildman–Crippen LogP) is 4.26. The zero-order valence-electron chi connectivity index (χ0n) is 12.8. The van der Waals surface area contributed by atoms with Gasteiger partial charge >= 0.3 is 0 Å². The Labute approximate surface area is 121 Å². The molecule has 1 aromatic heterocycles. The fraction of sp³-hybridized carbons (Fsp3) is 0.412. The van der Waals surface area contributed by atoms with Crippen molar-refractivity contribution < 1.29 is 0 Å². The van der Waals surface area contributed by atoms with E-state index < -0.39 is 0 Å². The Bertz CT molecular complexity index is 553. The lowest BCUT2D eigenvalue weighted by atomic mass is 9.86. The average Bonchev–Trinajstić information content (AvgIpc) is 2.45. The van der Waals surface area contributed by atoms with Gasteiger partial charge in [-0.25, -0.2) is 4.98 Å². The molecule has 0 atom stereocenters. The van der Waals surface area contributed by atoms with E-state index in [2.05, 4.69) is 67.2 Å². The second-order valence-corrected chi connectivity index (χ2v) is 6.01. The molecule has 20 heavy (non-hydrogen) atoms. The topological polar surface area (TPSA) is 37.8 Å². The van der Waals surface area contributed by atoms with Gasteiger partial charge in [0.05, 0.1) is 0 Å². The number of rotatable bonds is 4. The molecule has 0 aliphatic heterocycles. The highest BCUT2D eigenvalue weighted by molar-refractivity contribution is 5.71. The van der Waals surface area contributed by atoms with Crippen LogP contribution in [0.5, 0.6) is 0 Å². The highest BCUT2D eigenvalue weighted by atomic mass is 15.0. The first-order valence-corrected chi connectivity index (χ1v) is 7.18. The number of nitrogens with zero attached hydrogens (tertiary/aromatic N) is 2. The van der Waals surface area contributed by atoms with Crippen LogP contribution in [0.3, 0.4) is 0 Å². The molecule has 1 N–H and O–H groups in total. The van der Waals surface area contributed by atoms with Crippen LogP contribution in [0.15, 0.2) is 36.7 Å². The van der Waals surface area contributed by atoms with Gasteiger partial charge in [-0.15, -0.1) is 0 Å². The Morgan fingerprint density at radius 2 is 1.65 bits per heavy atom. The fourth-order valence-electron chi connectivity index (χ4n) is 2.05. The van der Waals surface area contributed by atoms with Crippen molar-refractivity contribution in [2.45, 2.75) is 39.5 Å². The maximum absolute atomic E-state index is 4.47. The van der Waals surface area contributed by atoms with Crippen LogP contribution in [0.25, 0.3) is 11.3 Å². The highest BCUT2D eigenvalue weighted by Crippen LogP contribution is 2.27. The number of nitrogens with one attached hydrogen (secondary N) is 1. The lowest BCUT2D eigenvalue weighted by Crippen LogP contribution is -2.10. The van der Waals surface area contributed by atoms with Gasteiger partial charge in [0, 0.05) is 24.5 Å². The second-order valence-electron chi connectivity index (χ2n) is 6.01. The van der Waals surface area contributed by atoms with Gasteiger partial charge in [0.2, 0.25) is 0 Å². The third kappa shape index (κ3) is 3.35. The maximum atomic E-state index is 4.47. The summed E-state index contributed by atoms with van der Waals surface area (Å²) in [5.41, 5.74) is 3.52. The Kier molecular flexibility index (Phi) is 4.38. The third-order valence-corrected chi connectivity index (χ3v) is 3.27. The van der Waals surface area contributed by atoms with E-state index in [4.69, 9.17) is 0 Å². The van der Waals surface area contributed by atoms with E-state index in [0.29, 0.717) is 0 Å². The molecule has 2 rings (SSSR count). The molecule has 1 aromatic carbocycles. The summed E-state index contributed by atoms with van der Waals surface area (Å²) in [7, 11) is 0. The van der Waals surface area contributed by atoms with Crippen LogP contribution in [0.4, 0.5) is 5.82 Å². The monoisotopic (exact) mass is 269 g/mol. The number of hydrogen-bond acceptors (Lipinski definition) is 3. The molecule has 2 aromatic rings. The molecule has 0 aliphatic carbocycles. The maximum Gasteiger partial charge on any atom is 0.152 e. The molecule has 0 radical (unpaired) electrons. The lowest BCUT2D eigenvalue weighted by molar-refractivity contribution is 0.590. The first-order chi connectivity index (χ1) is 9.52. The van der Waals surface area contributed by atoms with Crippen LogP contribution in [0.1, 0.15) is 39.7 Å². The summed E-state index contributed by atoms with van der Waals surface area (Å²) in [5, 5.41) is 3.33. The van der Waals surface area contributed by atoms with Crippen LogP contribution >= 0.6 is 0 Å². The van der Waals surface area contributed by atoms with E-state index in [0.717, 1.165) is 30.0 Å². The largest absolute Gasteiger partial charge is 0.368 e. The Morgan fingerprint density at radius 3 is 2.25 bits per heavy atom. The van der Waals surface area contributed by atoms with E-state index in [1.807, 2.05) is 0 Å². The van der Waals surface area contributed by atoms with Gasteiger partial charge in [-0.2, -0.15) is 0 Å². The van der Waals surface area contributed by atoms with Crippen LogP contribution < -0.4 is 5.32 Å². The Hall–Kier alpha value is -1.90. The SMILES string of the molecule is CCCNc1nccnc1-c1ccc(C(C)(C)C)cc1. The number of benzene rings is 1. The van der Waals surface area contributed by atoms with Crippen molar-refractivity contribution in [3.05, 3.63) is 42.2 Å². The summed E-state index contributed by atoms with van der Waals surface area (Å²) in [6, 6.07) is 8.60. The van der Waals surface area contributed by atoms with Gasteiger partial charge in [0.25, 0.3) is 0 Å². The van der Waals surface area contributed by atoms with Crippen molar-refractivity contribution >= 4 is 5.82 Å². The Balaban J connectivity index is 2.32. The van der Waals surface area contributed by atoms with E-state index in [1.165, 1.54) is 5.56 Å². The summed E-state index contributed by atoms with van der Waals surface area (Å²) in [4.78, 5) is 8.86. The molecule has 3 nitrogen and oxygen atoms in total. The minimum Gasteiger partial charge on any atom is -0.368 e. The standard InChI is InChI=1S/C17H23N3/c1-5-10-19-16-15(18-11-12-20-16)13-6-8-14(9-7-13)17(2,3)4/h6-9,11-12H,5,10H2,1-4H3,(H,19,20). The van der Waals surface area contributed by atoms with Crippen molar-refractivity contribution in [3.63, 3.8) is 0 Å². The smallest absolute Gasteiger partial charge is 0.152 e. The zero-order chi connectivity index (χ0) is 14.6.